The summed E-state index contributed by atoms with van der Waals surface area (Å²) in [6.07, 6.45) is 0. The van der Waals surface area contributed by atoms with E-state index in [0.29, 0.717) is 55.1 Å². The molecule has 5 rings (SSSR count). The van der Waals surface area contributed by atoms with Gasteiger partial charge in [-0.2, -0.15) is 0 Å². The Kier molecular flexibility index (Phi) is 6.93. The highest BCUT2D eigenvalue weighted by Crippen LogP contribution is 2.25. The number of amides is 3. The van der Waals surface area contributed by atoms with Crippen LogP contribution in [0, 0.1) is 5.92 Å². The van der Waals surface area contributed by atoms with Gasteiger partial charge in [0.05, 0.1) is 22.8 Å². The number of carbonyl (C=O) groups excluding carboxylic acids is 2. The molecule has 2 bridgehead atoms. The van der Waals surface area contributed by atoms with Crippen molar-refractivity contribution in [2.45, 2.75) is 32.5 Å². The Labute approximate surface area is 215 Å². The number of anilines is 2. The van der Waals surface area contributed by atoms with Crippen LogP contribution in [0.2, 0.25) is 5.02 Å². The second kappa shape index (κ2) is 10.3. The van der Waals surface area contributed by atoms with Gasteiger partial charge in [-0.25, -0.2) is 14.8 Å². The lowest BCUT2D eigenvalue weighted by molar-refractivity contribution is -0.123. The van der Waals surface area contributed by atoms with Crippen LogP contribution in [0.4, 0.5) is 16.3 Å². The Balaban J connectivity index is 1.42. The van der Waals surface area contributed by atoms with Gasteiger partial charge in [0, 0.05) is 37.6 Å². The fraction of sp³-hybridized carbons (Fsp3) is 0.385. The average molecular weight is 508 g/mol. The predicted octanol–water partition coefficient (Wildman–Crippen LogP) is 3.57. The van der Waals surface area contributed by atoms with Crippen molar-refractivity contribution in [2.24, 2.45) is 5.92 Å². The second-order valence-electron chi connectivity index (χ2n) is 9.60. The molecule has 2 aliphatic heterocycles. The maximum atomic E-state index is 13.2. The summed E-state index contributed by atoms with van der Waals surface area (Å²) in [5.41, 5.74) is 1.41. The summed E-state index contributed by atoms with van der Waals surface area (Å²) in [6, 6.07) is 14.2. The third-order valence-corrected chi connectivity index (χ3v) is 7.08. The van der Waals surface area contributed by atoms with Gasteiger partial charge in [0.2, 0.25) is 5.91 Å². The van der Waals surface area contributed by atoms with Crippen LogP contribution >= 0.6 is 11.6 Å². The lowest BCUT2D eigenvalue weighted by Gasteiger charge is -2.41. The summed E-state index contributed by atoms with van der Waals surface area (Å²) in [5.74, 6) is 1.31. The van der Waals surface area contributed by atoms with E-state index in [1.165, 1.54) is 0 Å². The number of halogens is 1. The largest absolute Gasteiger partial charge is 0.358 e. The molecule has 1 aromatic heterocycles. The van der Waals surface area contributed by atoms with Gasteiger partial charge in [0.1, 0.15) is 17.7 Å². The summed E-state index contributed by atoms with van der Waals surface area (Å²) in [5, 5.41) is 10.8. The molecule has 2 atom stereocenters. The smallest absolute Gasteiger partial charge is 0.321 e. The number of fused-ring (bicyclic) bond motifs is 5. The third-order valence-electron chi connectivity index (χ3n) is 6.75. The summed E-state index contributed by atoms with van der Waals surface area (Å²) < 4.78 is 0. The maximum absolute atomic E-state index is 13.2. The van der Waals surface area contributed by atoms with Gasteiger partial charge in [0.15, 0.2) is 0 Å². The highest BCUT2D eigenvalue weighted by Gasteiger charge is 2.33. The van der Waals surface area contributed by atoms with E-state index in [4.69, 9.17) is 21.6 Å². The van der Waals surface area contributed by atoms with E-state index in [0.717, 1.165) is 10.9 Å². The van der Waals surface area contributed by atoms with Gasteiger partial charge in [-0.1, -0.05) is 49.7 Å². The minimum Gasteiger partial charge on any atom is -0.358 e. The number of nitrogens with one attached hydrogen (secondary N) is 3. The van der Waals surface area contributed by atoms with E-state index >= 15 is 0 Å². The zero-order valence-electron chi connectivity index (χ0n) is 20.4. The van der Waals surface area contributed by atoms with Crippen molar-refractivity contribution in [3.8, 4) is 0 Å². The Morgan fingerprint density at radius 1 is 1.11 bits per heavy atom. The van der Waals surface area contributed by atoms with E-state index < -0.39 is 6.04 Å². The number of hydrogen-bond acceptors (Lipinski definition) is 6. The molecule has 3 N–H and O–H groups in total. The normalized spacial score (nSPS) is 20.8. The number of urea groups is 1. The molecule has 3 heterocycles. The number of benzene rings is 2. The maximum Gasteiger partial charge on any atom is 0.321 e. The van der Waals surface area contributed by atoms with Crippen molar-refractivity contribution in [3.05, 3.63) is 59.4 Å². The highest BCUT2D eigenvalue weighted by molar-refractivity contribution is 6.33. The number of piperazine rings is 1. The van der Waals surface area contributed by atoms with Gasteiger partial charge in [0.25, 0.3) is 0 Å². The van der Waals surface area contributed by atoms with Crippen LogP contribution in [0.15, 0.2) is 48.5 Å². The monoisotopic (exact) mass is 507 g/mol. The predicted molar refractivity (Wildman–Crippen MR) is 141 cm³/mol. The van der Waals surface area contributed by atoms with Crippen molar-refractivity contribution >= 4 is 45.9 Å². The first-order valence-corrected chi connectivity index (χ1v) is 12.6. The number of hydrogen-bond donors (Lipinski definition) is 3. The van der Waals surface area contributed by atoms with Crippen molar-refractivity contribution in [2.75, 3.05) is 36.8 Å². The van der Waals surface area contributed by atoms with Crippen LogP contribution in [0.1, 0.15) is 19.7 Å². The molecule has 9 nitrogen and oxygen atoms in total. The molecular weight excluding hydrogens is 478 g/mol. The van der Waals surface area contributed by atoms with E-state index in [1.54, 1.807) is 17.0 Å². The number of rotatable bonds is 2. The molecule has 2 aliphatic rings. The number of aromatic nitrogens is 2. The SMILES string of the molecule is CC(C)[C@@H]1Nc2nc(nc3ccccc23)CN2CCN(C(=O)Nc3ccccc3Cl)CC2CNC1=O. The lowest BCUT2D eigenvalue weighted by Crippen LogP contribution is -2.59. The number of carbonyl (C=O) groups is 2. The van der Waals surface area contributed by atoms with Crippen LogP contribution in [0.5, 0.6) is 0 Å². The lowest BCUT2D eigenvalue weighted by atomic mass is 10.0. The summed E-state index contributed by atoms with van der Waals surface area (Å²) in [6.45, 7) is 6.57. The molecule has 3 aromatic rings. The summed E-state index contributed by atoms with van der Waals surface area (Å²) in [7, 11) is 0. The van der Waals surface area contributed by atoms with Crippen molar-refractivity contribution in [3.63, 3.8) is 0 Å². The average Bonchev–Trinajstić information content (AvgIpc) is 2.89. The van der Waals surface area contributed by atoms with Crippen molar-refractivity contribution in [1.82, 2.24) is 25.1 Å². The Bertz CT molecular complexity index is 1280. The molecule has 1 saturated heterocycles. The van der Waals surface area contributed by atoms with Gasteiger partial charge in [-0.05, 0) is 30.2 Å². The summed E-state index contributed by atoms with van der Waals surface area (Å²) in [4.78, 5) is 39.9. The van der Waals surface area contributed by atoms with Crippen molar-refractivity contribution < 1.29 is 9.59 Å². The molecule has 0 saturated carbocycles. The van der Waals surface area contributed by atoms with Crippen molar-refractivity contribution in [1.29, 1.82) is 0 Å². The zero-order chi connectivity index (χ0) is 25.2. The molecule has 0 aliphatic carbocycles. The molecule has 188 valence electrons. The Morgan fingerprint density at radius 3 is 2.69 bits per heavy atom. The quantitative estimate of drug-likeness (QED) is 0.490. The molecule has 3 amide bonds. The standard InChI is InChI=1S/C26H30ClN7O2/c1-16(2)23-25(35)28-13-17-14-34(26(36)30-21-10-6-4-8-19(21)27)12-11-33(17)15-22-29-20-9-5-3-7-18(20)24(31-22)32-23/h3-10,16-17,23H,11-15H2,1-2H3,(H,28,35)(H,30,36)(H,29,31,32)/t17?,23-/m0/s1. The highest BCUT2D eigenvalue weighted by atomic mass is 35.5. The van der Waals surface area contributed by atoms with Gasteiger partial charge in [-0.3, -0.25) is 9.69 Å². The first-order valence-electron chi connectivity index (χ1n) is 12.2. The number of para-hydroxylation sites is 2. The topological polar surface area (TPSA) is 102 Å². The van der Waals surface area contributed by atoms with E-state index in [2.05, 4.69) is 20.9 Å². The molecule has 10 heteroatoms. The fourth-order valence-electron chi connectivity index (χ4n) is 4.73. The molecular formula is C26H30ClN7O2. The minimum atomic E-state index is -0.453. The van der Waals surface area contributed by atoms with Gasteiger partial charge in [-0.15, -0.1) is 0 Å². The van der Waals surface area contributed by atoms with Crippen LogP contribution in [-0.4, -0.2) is 70.0 Å². The molecule has 36 heavy (non-hydrogen) atoms. The summed E-state index contributed by atoms with van der Waals surface area (Å²) >= 11 is 6.23. The molecule has 1 fully saturated rings. The van der Waals surface area contributed by atoms with Crippen LogP contribution < -0.4 is 16.0 Å². The molecule has 1 unspecified atom stereocenters. The zero-order valence-corrected chi connectivity index (χ0v) is 21.1. The van der Waals surface area contributed by atoms with Gasteiger partial charge < -0.3 is 20.9 Å². The van der Waals surface area contributed by atoms with Crippen LogP contribution in [-0.2, 0) is 11.3 Å². The van der Waals surface area contributed by atoms with E-state index in [-0.39, 0.29) is 23.9 Å². The second-order valence-corrected chi connectivity index (χ2v) is 10.0. The van der Waals surface area contributed by atoms with Gasteiger partial charge >= 0.3 is 6.03 Å². The fourth-order valence-corrected chi connectivity index (χ4v) is 4.92. The third kappa shape index (κ3) is 5.08. The van der Waals surface area contributed by atoms with E-state index in [1.807, 2.05) is 50.2 Å². The first-order chi connectivity index (χ1) is 17.4. The molecule has 2 aromatic carbocycles. The van der Waals surface area contributed by atoms with E-state index in [9.17, 15) is 9.59 Å². The molecule has 0 spiro atoms. The minimum absolute atomic E-state index is 0.0447. The Hall–Kier alpha value is -3.43. The van der Waals surface area contributed by atoms with Crippen LogP contribution in [0.25, 0.3) is 10.9 Å². The van der Waals surface area contributed by atoms with Crippen LogP contribution in [0.3, 0.4) is 0 Å². The first kappa shape index (κ1) is 24.3. The number of nitrogens with zero attached hydrogens (tertiary/aromatic N) is 4. The molecule has 0 radical (unpaired) electrons. The Morgan fingerprint density at radius 2 is 1.89 bits per heavy atom.